The van der Waals surface area contributed by atoms with Crippen LogP contribution in [0.5, 0.6) is 0 Å². The number of carbonyl (C=O) groups is 2. The predicted molar refractivity (Wildman–Crippen MR) is 88.0 cm³/mol. The van der Waals surface area contributed by atoms with Crippen LogP contribution in [0, 0.1) is 0 Å². The van der Waals surface area contributed by atoms with Crippen LogP contribution >= 0.6 is 11.3 Å². The lowest BCUT2D eigenvalue weighted by molar-refractivity contribution is -0.144. The van der Waals surface area contributed by atoms with Crippen LogP contribution < -0.4 is 0 Å². The SMILES string of the molecule is CC(C)(C)OC(=O)N1[C@@H](c2cccs2)c2nc[nH]c2C[C@H]1C(=O)O. The van der Waals surface area contributed by atoms with Gasteiger partial charge in [0.15, 0.2) is 0 Å². The maximum atomic E-state index is 12.8. The van der Waals surface area contributed by atoms with Crippen LogP contribution in [0.15, 0.2) is 23.8 Å². The number of amides is 1. The highest BCUT2D eigenvalue weighted by Crippen LogP contribution is 2.39. The molecule has 0 saturated carbocycles. The van der Waals surface area contributed by atoms with E-state index in [2.05, 4.69) is 9.97 Å². The molecule has 2 N–H and O–H groups in total. The Kier molecular flexibility index (Phi) is 4.08. The summed E-state index contributed by atoms with van der Waals surface area (Å²) < 4.78 is 5.47. The van der Waals surface area contributed by atoms with Crippen LogP contribution in [0.2, 0.25) is 0 Å². The Morgan fingerprint density at radius 3 is 2.79 bits per heavy atom. The number of hydrogen-bond donors (Lipinski definition) is 2. The molecule has 0 radical (unpaired) electrons. The molecule has 0 aliphatic carbocycles. The molecule has 0 bridgehead atoms. The predicted octanol–water partition coefficient (Wildman–Crippen LogP) is 2.81. The molecule has 1 aliphatic rings. The zero-order valence-corrected chi connectivity index (χ0v) is 14.5. The summed E-state index contributed by atoms with van der Waals surface area (Å²) >= 11 is 1.45. The summed E-state index contributed by atoms with van der Waals surface area (Å²) in [7, 11) is 0. The molecule has 2 aromatic heterocycles. The van der Waals surface area contributed by atoms with Gasteiger partial charge in [0.1, 0.15) is 17.7 Å². The summed E-state index contributed by atoms with van der Waals surface area (Å²) in [6, 6.07) is 2.15. The normalized spacial score (nSPS) is 20.5. The second-order valence-electron chi connectivity index (χ2n) is 6.63. The summed E-state index contributed by atoms with van der Waals surface area (Å²) in [5, 5.41) is 11.5. The minimum atomic E-state index is -1.07. The molecule has 0 fully saturated rings. The zero-order valence-electron chi connectivity index (χ0n) is 13.6. The van der Waals surface area contributed by atoms with Crippen molar-refractivity contribution in [3.63, 3.8) is 0 Å². The lowest BCUT2D eigenvalue weighted by Crippen LogP contribution is -2.52. The number of H-pyrrole nitrogens is 1. The number of imidazole rings is 1. The number of thiophene rings is 1. The van der Waals surface area contributed by atoms with Crippen molar-refractivity contribution >= 4 is 23.4 Å². The minimum absolute atomic E-state index is 0.172. The Morgan fingerprint density at radius 2 is 2.21 bits per heavy atom. The number of carboxylic acid groups (broad SMARTS) is 1. The molecular weight excluding hydrogens is 330 g/mol. The lowest BCUT2D eigenvalue weighted by Gasteiger charge is -2.39. The van der Waals surface area contributed by atoms with Gasteiger partial charge >= 0.3 is 12.1 Å². The monoisotopic (exact) mass is 349 g/mol. The second-order valence-corrected chi connectivity index (χ2v) is 7.61. The first-order chi connectivity index (χ1) is 11.3. The molecule has 0 spiro atoms. The van der Waals surface area contributed by atoms with Gasteiger partial charge in [-0.05, 0) is 32.2 Å². The van der Waals surface area contributed by atoms with Crippen LogP contribution in [-0.4, -0.2) is 43.7 Å². The highest BCUT2D eigenvalue weighted by atomic mass is 32.1. The second kappa shape index (κ2) is 5.94. The summed E-state index contributed by atoms with van der Waals surface area (Å²) in [6.45, 7) is 5.26. The smallest absolute Gasteiger partial charge is 0.411 e. The first-order valence-corrected chi connectivity index (χ1v) is 8.45. The third-order valence-corrected chi connectivity index (χ3v) is 4.65. The van der Waals surface area contributed by atoms with Crippen molar-refractivity contribution in [3.8, 4) is 0 Å². The maximum Gasteiger partial charge on any atom is 0.411 e. The van der Waals surface area contributed by atoms with Gasteiger partial charge in [0.25, 0.3) is 0 Å². The summed E-state index contributed by atoms with van der Waals surface area (Å²) in [5.74, 6) is -1.07. The summed E-state index contributed by atoms with van der Waals surface area (Å²) in [4.78, 5) is 34.0. The Labute approximate surface area is 143 Å². The van der Waals surface area contributed by atoms with E-state index < -0.39 is 29.7 Å². The molecule has 1 amide bonds. The van der Waals surface area contributed by atoms with Crippen molar-refractivity contribution in [2.75, 3.05) is 0 Å². The molecule has 3 rings (SSSR count). The van der Waals surface area contributed by atoms with Crippen LogP contribution in [0.1, 0.15) is 43.1 Å². The number of nitrogens with zero attached hydrogens (tertiary/aromatic N) is 2. The first-order valence-electron chi connectivity index (χ1n) is 7.57. The summed E-state index contributed by atoms with van der Waals surface area (Å²) in [5.41, 5.74) is 0.688. The quantitative estimate of drug-likeness (QED) is 0.869. The number of aromatic amines is 1. The average Bonchev–Trinajstić information content (AvgIpc) is 3.14. The minimum Gasteiger partial charge on any atom is -0.480 e. The van der Waals surface area contributed by atoms with E-state index in [9.17, 15) is 14.7 Å². The molecule has 1 aliphatic heterocycles. The van der Waals surface area contributed by atoms with Crippen LogP contribution in [0.4, 0.5) is 4.79 Å². The van der Waals surface area contributed by atoms with E-state index in [0.29, 0.717) is 5.69 Å². The van der Waals surface area contributed by atoms with Gasteiger partial charge < -0.3 is 14.8 Å². The van der Waals surface area contributed by atoms with Gasteiger partial charge in [-0.15, -0.1) is 11.3 Å². The van der Waals surface area contributed by atoms with Crippen molar-refractivity contribution < 1.29 is 19.4 Å². The van der Waals surface area contributed by atoms with E-state index >= 15 is 0 Å². The third kappa shape index (κ3) is 3.01. The number of nitrogens with one attached hydrogen (secondary N) is 1. The largest absolute Gasteiger partial charge is 0.480 e. The van der Waals surface area contributed by atoms with Crippen molar-refractivity contribution in [1.82, 2.24) is 14.9 Å². The van der Waals surface area contributed by atoms with E-state index in [1.54, 1.807) is 20.8 Å². The van der Waals surface area contributed by atoms with Crippen LogP contribution in [0.25, 0.3) is 0 Å². The van der Waals surface area contributed by atoms with E-state index in [-0.39, 0.29) is 6.42 Å². The number of rotatable bonds is 2. The molecule has 0 unspecified atom stereocenters. The number of fused-ring (bicyclic) bond motifs is 1. The number of aliphatic carboxylic acids is 1. The third-order valence-electron chi connectivity index (χ3n) is 3.72. The van der Waals surface area contributed by atoms with Crippen molar-refractivity contribution in [1.29, 1.82) is 0 Å². The Bertz CT molecular complexity index is 748. The number of aromatic nitrogens is 2. The number of carboxylic acids is 1. The Balaban J connectivity index is 2.09. The Hall–Kier alpha value is -2.35. The van der Waals surface area contributed by atoms with Gasteiger partial charge in [0, 0.05) is 17.0 Å². The maximum absolute atomic E-state index is 12.8. The Morgan fingerprint density at radius 1 is 1.46 bits per heavy atom. The molecule has 128 valence electrons. The average molecular weight is 349 g/mol. The van der Waals surface area contributed by atoms with Crippen LogP contribution in [-0.2, 0) is 16.0 Å². The molecule has 0 aromatic carbocycles. The molecule has 7 nitrogen and oxygen atoms in total. The van der Waals surface area contributed by atoms with Gasteiger partial charge in [-0.3, -0.25) is 4.90 Å². The van der Waals surface area contributed by atoms with Gasteiger partial charge in [-0.2, -0.15) is 0 Å². The van der Waals surface area contributed by atoms with Crippen LogP contribution in [0.3, 0.4) is 0 Å². The molecule has 8 heteroatoms. The molecule has 2 aromatic rings. The fourth-order valence-electron chi connectivity index (χ4n) is 2.81. The fourth-order valence-corrected chi connectivity index (χ4v) is 3.63. The number of hydrogen-bond acceptors (Lipinski definition) is 5. The van der Waals surface area contributed by atoms with E-state index in [4.69, 9.17) is 4.74 Å². The molecule has 3 heterocycles. The summed E-state index contributed by atoms with van der Waals surface area (Å²) in [6.07, 6.45) is 1.05. The number of carbonyl (C=O) groups excluding carboxylic acids is 1. The zero-order chi connectivity index (χ0) is 17.5. The van der Waals surface area contributed by atoms with Crippen molar-refractivity contribution in [2.24, 2.45) is 0 Å². The molecular formula is C16H19N3O4S. The fraction of sp³-hybridized carbons (Fsp3) is 0.438. The van der Waals surface area contributed by atoms with E-state index in [1.165, 1.54) is 22.6 Å². The lowest BCUT2D eigenvalue weighted by atomic mass is 9.95. The van der Waals surface area contributed by atoms with Crippen molar-refractivity contribution in [3.05, 3.63) is 40.1 Å². The van der Waals surface area contributed by atoms with Gasteiger partial charge in [-0.25, -0.2) is 14.6 Å². The van der Waals surface area contributed by atoms with Gasteiger partial charge in [-0.1, -0.05) is 6.07 Å². The van der Waals surface area contributed by atoms with Gasteiger partial charge in [0.05, 0.1) is 12.0 Å². The van der Waals surface area contributed by atoms with E-state index in [0.717, 1.165) is 10.6 Å². The highest BCUT2D eigenvalue weighted by Gasteiger charge is 2.45. The van der Waals surface area contributed by atoms with Gasteiger partial charge in [0.2, 0.25) is 0 Å². The van der Waals surface area contributed by atoms with E-state index in [1.807, 2.05) is 17.5 Å². The van der Waals surface area contributed by atoms with Crippen molar-refractivity contribution in [2.45, 2.75) is 44.9 Å². The molecule has 0 saturated heterocycles. The highest BCUT2D eigenvalue weighted by molar-refractivity contribution is 7.10. The molecule has 2 atom stereocenters. The topological polar surface area (TPSA) is 95.5 Å². The molecule has 24 heavy (non-hydrogen) atoms. The first kappa shape index (κ1) is 16.5. The standard InChI is InChI=1S/C16H19N3O4S/c1-16(2,3)23-15(22)19-10(14(20)21)7-9-12(18-8-17-9)13(19)11-5-4-6-24-11/h4-6,8,10,13H,7H2,1-3H3,(H,17,18)(H,20,21)/t10-,13-/m0/s1. The number of ether oxygens (including phenoxy) is 1.